The first-order valence-corrected chi connectivity index (χ1v) is 8.83. The molecule has 1 amide bonds. The zero-order chi connectivity index (χ0) is 21.0. The first-order valence-electron chi connectivity index (χ1n) is 8.83. The molecule has 0 unspecified atom stereocenters. The second kappa shape index (κ2) is 8.69. The van der Waals surface area contributed by atoms with Crippen LogP contribution in [-0.4, -0.2) is 54.3 Å². The first kappa shape index (κ1) is 21.1. The summed E-state index contributed by atoms with van der Waals surface area (Å²) < 4.78 is 6.18. The van der Waals surface area contributed by atoms with E-state index in [1.807, 2.05) is 43.3 Å². The van der Waals surface area contributed by atoms with Crippen LogP contribution < -0.4 is 10.5 Å². The fourth-order valence-corrected chi connectivity index (χ4v) is 2.66. The lowest BCUT2D eigenvalue weighted by atomic mass is 10.1. The molecule has 1 heterocycles. The number of anilines is 1. The summed E-state index contributed by atoms with van der Waals surface area (Å²) in [6.45, 7) is 3.28. The Morgan fingerprint density at radius 2 is 1.71 bits per heavy atom. The van der Waals surface area contributed by atoms with Gasteiger partial charge in [-0.2, -0.15) is 5.10 Å². The summed E-state index contributed by atoms with van der Waals surface area (Å²) in [4.78, 5) is 40.3. The van der Waals surface area contributed by atoms with E-state index in [9.17, 15) is 14.4 Å². The second-order valence-electron chi connectivity index (χ2n) is 6.90. The lowest BCUT2D eigenvalue weighted by Gasteiger charge is -2.18. The zero-order valence-electron chi connectivity index (χ0n) is 17.1. The van der Waals surface area contributed by atoms with Crippen LogP contribution in [0.15, 0.2) is 29.1 Å². The largest absolute Gasteiger partial charge is 0.452 e. The van der Waals surface area contributed by atoms with Crippen molar-refractivity contribution in [3.8, 4) is 0 Å². The van der Waals surface area contributed by atoms with E-state index in [0.717, 1.165) is 15.9 Å². The summed E-state index contributed by atoms with van der Waals surface area (Å²) in [6.07, 6.45) is 0. The molecule has 0 saturated heterocycles. The third-order valence-corrected chi connectivity index (χ3v) is 4.55. The fraction of sp³-hybridized carbons (Fsp3) is 0.400. The van der Waals surface area contributed by atoms with Gasteiger partial charge in [-0.25, -0.2) is 9.48 Å². The van der Waals surface area contributed by atoms with Gasteiger partial charge in [0, 0.05) is 40.4 Å². The van der Waals surface area contributed by atoms with Crippen molar-refractivity contribution in [2.45, 2.75) is 20.4 Å². The molecule has 0 aliphatic carbocycles. The van der Waals surface area contributed by atoms with Gasteiger partial charge in [0.25, 0.3) is 11.5 Å². The molecule has 0 N–H and O–H groups in total. The van der Waals surface area contributed by atoms with Gasteiger partial charge in [0.15, 0.2) is 6.61 Å². The van der Waals surface area contributed by atoms with Gasteiger partial charge >= 0.3 is 5.97 Å². The quantitative estimate of drug-likeness (QED) is 0.696. The molecule has 1 aromatic heterocycles. The van der Waals surface area contributed by atoms with Crippen LogP contribution in [0.1, 0.15) is 27.2 Å². The average molecular weight is 386 g/mol. The summed E-state index contributed by atoms with van der Waals surface area (Å²) in [5.41, 5.74) is 2.40. The molecule has 0 fully saturated rings. The number of carbonyl (C=O) groups is 2. The van der Waals surface area contributed by atoms with E-state index in [2.05, 4.69) is 5.10 Å². The molecule has 8 nitrogen and oxygen atoms in total. The van der Waals surface area contributed by atoms with Gasteiger partial charge in [0.1, 0.15) is 5.56 Å². The van der Waals surface area contributed by atoms with Gasteiger partial charge in [-0.1, -0.05) is 12.1 Å². The Labute approximate surface area is 164 Å². The van der Waals surface area contributed by atoms with Crippen molar-refractivity contribution in [3.05, 3.63) is 57.0 Å². The number of hydrogen-bond donors (Lipinski definition) is 0. The fourth-order valence-electron chi connectivity index (χ4n) is 2.66. The van der Waals surface area contributed by atoms with Crippen LogP contribution in [0.4, 0.5) is 5.69 Å². The monoisotopic (exact) mass is 386 g/mol. The Balaban J connectivity index is 2.00. The van der Waals surface area contributed by atoms with Crippen molar-refractivity contribution < 1.29 is 14.3 Å². The highest BCUT2D eigenvalue weighted by atomic mass is 16.5. The Hall–Kier alpha value is -3.16. The number of carbonyl (C=O) groups excluding carboxylic acids is 2. The number of rotatable bonds is 6. The van der Waals surface area contributed by atoms with Crippen molar-refractivity contribution in [1.29, 1.82) is 0 Å². The minimum Gasteiger partial charge on any atom is -0.452 e. The number of ether oxygens (including phenoxy) is 1. The molecule has 28 heavy (non-hydrogen) atoms. The van der Waals surface area contributed by atoms with E-state index in [4.69, 9.17) is 4.74 Å². The summed E-state index contributed by atoms with van der Waals surface area (Å²) >= 11 is 0. The van der Waals surface area contributed by atoms with Crippen LogP contribution in [0.2, 0.25) is 0 Å². The summed E-state index contributed by atoms with van der Waals surface area (Å²) in [6, 6.07) is 7.83. The first-order chi connectivity index (χ1) is 13.1. The van der Waals surface area contributed by atoms with Gasteiger partial charge in [-0.05, 0) is 37.1 Å². The zero-order valence-corrected chi connectivity index (χ0v) is 17.1. The van der Waals surface area contributed by atoms with Crippen LogP contribution in [-0.2, 0) is 23.1 Å². The topological polar surface area (TPSA) is 84.7 Å². The molecule has 0 saturated carbocycles. The SMILES string of the molecule is Cc1nn(C)c(=O)c(C(=O)OCC(=O)N(C)Cc2ccc(N(C)C)cc2)c1C. The summed E-state index contributed by atoms with van der Waals surface area (Å²) in [5, 5.41) is 4.02. The molecule has 150 valence electrons. The molecule has 2 aromatic rings. The highest BCUT2D eigenvalue weighted by molar-refractivity contribution is 5.92. The Morgan fingerprint density at radius 3 is 2.29 bits per heavy atom. The van der Waals surface area contributed by atoms with Crippen molar-refractivity contribution in [1.82, 2.24) is 14.7 Å². The number of likely N-dealkylation sites (N-methyl/N-ethyl adjacent to an activating group) is 1. The lowest BCUT2D eigenvalue weighted by molar-refractivity contribution is -0.133. The molecule has 8 heteroatoms. The Kier molecular flexibility index (Phi) is 6.56. The molecular formula is C20H26N4O4. The van der Waals surface area contributed by atoms with Gasteiger partial charge in [0.2, 0.25) is 0 Å². The third kappa shape index (κ3) is 4.76. The lowest BCUT2D eigenvalue weighted by Crippen LogP contribution is -2.33. The van der Waals surface area contributed by atoms with Crippen LogP contribution in [0.5, 0.6) is 0 Å². The number of aromatic nitrogens is 2. The van der Waals surface area contributed by atoms with E-state index in [1.165, 1.54) is 11.9 Å². The molecule has 0 aliphatic rings. The Morgan fingerprint density at radius 1 is 1.11 bits per heavy atom. The Bertz CT molecular complexity index is 932. The molecule has 0 aliphatic heterocycles. The predicted molar refractivity (Wildman–Crippen MR) is 106 cm³/mol. The van der Waals surface area contributed by atoms with Gasteiger partial charge in [-0.3, -0.25) is 9.59 Å². The number of aryl methyl sites for hydroxylation is 2. The molecule has 2 rings (SSSR count). The number of esters is 1. The molecular weight excluding hydrogens is 360 g/mol. The van der Waals surface area contributed by atoms with E-state index >= 15 is 0 Å². The number of benzene rings is 1. The maximum Gasteiger partial charge on any atom is 0.344 e. The highest BCUT2D eigenvalue weighted by Gasteiger charge is 2.21. The molecule has 0 atom stereocenters. The van der Waals surface area contributed by atoms with Gasteiger partial charge in [-0.15, -0.1) is 0 Å². The maximum absolute atomic E-state index is 12.3. The van der Waals surface area contributed by atoms with Crippen LogP contribution in [0, 0.1) is 13.8 Å². The molecule has 0 bridgehead atoms. The molecule has 0 radical (unpaired) electrons. The smallest absolute Gasteiger partial charge is 0.344 e. The van der Waals surface area contributed by atoms with Crippen molar-refractivity contribution >= 4 is 17.6 Å². The number of amides is 1. The number of hydrogen-bond acceptors (Lipinski definition) is 6. The third-order valence-electron chi connectivity index (χ3n) is 4.55. The molecule has 1 aromatic carbocycles. The van der Waals surface area contributed by atoms with Crippen LogP contribution >= 0.6 is 0 Å². The number of nitrogens with zero attached hydrogens (tertiary/aromatic N) is 4. The van der Waals surface area contributed by atoms with E-state index < -0.39 is 18.1 Å². The van der Waals surface area contributed by atoms with Gasteiger partial charge in [0.05, 0.1) is 5.69 Å². The van der Waals surface area contributed by atoms with E-state index in [0.29, 0.717) is 17.8 Å². The van der Waals surface area contributed by atoms with Gasteiger partial charge < -0.3 is 14.5 Å². The highest BCUT2D eigenvalue weighted by Crippen LogP contribution is 2.13. The van der Waals surface area contributed by atoms with Crippen molar-refractivity contribution in [2.24, 2.45) is 7.05 Å². The van der Waals surface area contributed by atoms with Crippen molar-refractivity contribution in [2.75, 3.05) is 32.6 Å². The maximum atomic E-state index is 12.3. The van der Waals surface area contributed by atoms with Crippen molar-refractivity contribution in [3.63, 3.8) is 0 Å². The summed E-state index contributed by atoms with van der Waals surface area (Å²) in [5.74, 6) is -1.18. The normalized spacial score (nSPS) is 10.5. The molecule has 0 spiro atoms. The minimum atomic E-state index is -0.819. The minimum absolute atomic E-state index is 0.0928. The summed E-state index contributed by atoms with van der Waals surface area (Å²) in [7, 11) is 7.01. The predicted octanol–water partition coefficient (Wildman–Crippen LogP) is 1.28. The van der Waals surface area contributed by atoms with E-state index in [-0.39, 0.29) is 11.5 Å². The van der Waals surface area contributed by atoms with Crippen LogP contribution in [0.25, 0.3) is 0 Å². The average Bonchev–Trinajstić information content (AvgIpc) is 2.65. The van der Waals surface area contributed by atoms with Crippen LogP contribution in [0.3, 0.4) is 0 Å². The second-order valence-corrected chi connectivity index (χ2v) is 6.90. The van der Waals surface area contributed by atoms with E-state index in [1.54, 1.807) is 20.9 Å². The standard InChI is InChI=1S/C20H26N4O4/c1-13-14(2)21-24(6)19(26)18(13)20(27)28-12-17(25)23(5)11-15-7-9-16(10-8-15)22(3)4/h7-10H,11-12H2,1-6H3.